The highest BCUT2D eigenvalue weighted by atomic mass is 35.5. The standard InChI is InChI=1S/C18H22ClFN4O4.C7H12FN/c1-9-11(6-7-24(9)17(25)28-18(2,3)4)27-15-10-8-21-14(19)12(20)13(10)22-16(23-15)26-5;8-6-4-7-2-1-3-9(7)5-6/h8-9,11H,6-7H2,1-5H3;6-7H,1-5H2. The van der Waals surface area contributed by atoms with Crippen LogP contribution in [0.15, 0.2) is 6.20 Å². The van der Waals surface area contributed by atoms with E-state index in [0.29, 0.717) is 25.6 Å². The number of rotatable bonds is 3. The van der Waals surface area contributed by atoms with Crippen LogP contribution in [0.3, 0.4) is 0 Å². The first-order chi connectivity index (χ1) is 17.5. The van der Waals surface area contributed by atoms with Crippen LogP contribution in [0.4, 0.5) is 13.6 Å². The van der Waals surface area contributed by atoms with Gasteiger partial charge >= 0.3 is 12.1 Å². The lowest BCUT2D eigenvalue weighted by Crippen LogP contribution is -2.42. The fraction of sp³-hybridized carbons (Fsp3) is 0.680. The van der Waals surface area contributed by atoms with Crippen LogP contribution in [0, 0.1) is 5.82 Å². The highest BCUT2D eigenvalue weighted by Crippen LogP contribution is 2.32. The van der Waals surface area contributed by atoms with E-state index in [-0.39, 0.29) is 40.1 Å². The Balaban J connectivity index is 0.000000295. The summed E-state index contributed by atoms with van der Waals surface area (Å²) < 4.78 is 43.5. The molecule has 0 bridgehead atoms. The van der Waals surface area contributed by atoms with Crippen molar-refractivity contribution in [2.45, 2.75) is 83.3 Å². The molecule has 0 aliphatic carbocycles. The molecular formula is C25H34ClF2N5O4. The number of carbonyl (C=O) groups excluding carboxylic acids is 1. The topological polar surface area (TPSA) is 89.9 Å². The number of likely N-dealkylation sites (tertiary alicyclic amines) is 1. The number of fused-ring (bicyclic) bond motifs is 2. The van der Waals surface area contributed by atoms with E-state index in [2.05, 4.69) is 19.9 Å². The van der Waals surface area contributed by atoms with Crippen LogP contribution in [-0.2, 0) is 4.74 Å². The Bertz CT molecular complexity index is 1120. The van der Waals surface area contributed by atoms with Crippen molar-refractivity contribution in [1.82, 2.24) is 24.8 Å². The van der Waals surface area contributed by atoms with Crippen molar-refractivity contribution in [3.8, 4) is 11.9 Å². The first-order valence-corrected chi connectivity index (χ1v) is 12.9. The minimum absolute atomic E-state index is 0.0449. The van der Waals surface area contributed by atoms with Crippen LogP contribution in [0.25, 0.3) is 10.9 Å². The first-order valence-electron chi connectivity index (χ1n) is 12.6. The molecule has 0 radical (unpaired) electrons. The minimum atomic E-state index is -0.778. The van der Waals surface area contributed by atoms with Crippen LogP contribution < -0.4 is 9.47 Å². The molecule has 37 heavy (non-hydrogen) atoms. The Labute approximate surface area is 220 Å². The molecule has 12 heteroatoms. The van der Waals surface area contributed by atoms with E-state index in [1.807, 2.05) is 27.7 Å². The summed E-state index contributed by atoms with van der Waals surface area (Å²) in [6.45, 7) is 9.62. The molecule has 3 saturated heterocycles. The average Bonchev–Trinajstić information content (AvgIpc) is 3.51. The molecular weight excluding hydrogens is 508 g/mol. The summed E-state index contributed by atoms with van der Waals surface area (Å²) in [4.78, 5) is 28.3. The predicted molar refractivity (Wildman–Crippen MR) is 134 cm³/mol. The van der Waals surface area contributed by atoms with Gasteiger partial charge in [-0.15, -0.1) is 0 Å². The number of hydrogen-bond donors (Lipinski definition) is 0. The van der Waals surface area contributed by atoms with Crippen LogP contribution in [-0.4, -0.2) is 87.5 Å². The van der Waals surface area contributed by atoms with Gasteiger partial charge in [0.2, 0.25) is 5.88 Å². The summed E-state index contributed by atoms with van der Waals surface area (Å²) >= 11 is 5.75. The quantitative estimate of drug-likeness (QED) is 0.512. The molecule has 0 aromatic carbocycles. The van der Waals surface area contributed by atoms with E-state index in [4.69, 9.17) is 25.8 Å². The predicted octanol–water partition coefficient (Wildman–Crippen LogP) is 4.80. The van der Waals surface area contributed by atoms with E-state index < -0.39 is 23.7 Å². The highest BCUT2D eigenvalue weighted by molar-refractivity contribution is 6.30. The maximum absolute atomic E-state index is 14.3. The van der Waals surface area contributed by atoms with Gasteiger partial charge in [-0.3, -0.25) is 4.90 Å². The molecule has 3 fully saturated rings. The van der Waals surface area contributed by atoms with Gasteiger partial charge in [-0.1, -0.05) is 11.6 Å². The zero-order valence-electron chi connectivity index (χ0n) is 21.8. The van der Waals surface area contributed by atoms with E-state index in [1.165, 1.54) is 26.1 Å². The van der Waals surface area contributed by atoms with Gasteiger partial charge in [0, 0.05) is 31.7 Å². The number of hydrogen-bond acceptors (Lipinski definition) is 8. The van der Waals surface area contributed by atoms with Crippen molar-refractivity contribution in [3.05, 3.63) is 17.2 Å². The monoisotopic (exact) mass is 541 g/mol. The summed E-state index contributed by atoms with van der Waals surface area (Å²) in [7, 11) is 1.37. The van der Waals surface area contributed by atoms with Gasteiger partial charge in [0.25, 0.3) is 0 Å². The van der Waals surface area contributed by atoms with Crippen molar-refractivity contribution in [2.24, 2.45) is 0 Å². The molecule has 204 valence electrons. The average molecular weight is 542 g/mol. The number of alkyl halides is 1. The third kappa shape index (κ3) is 6.31. The molecule has 9 nitrogen and oxygen atoms in total. The SMILES string of the molecule is COc1nc(OC2CCN(C(=O)OC(C)(C)C)C2C)c2cnc(Cl)c(F)c2n1.FC1CC2CCCN2C1. The van der Waals surface area contributed by atoms with Crippen molar-refractivity contribution < 1.29 is 27.8 Å². The lowest BCUT2D eigenvalue weighted by Gasteiger charge is -2.28. The number of aromatic nitrogens is 3. The molecule has 5 heterocycles. The number of carbonyl (C=O) groups is 1. The van der Waals surface area contributed by atoms with E-state index >= 15 is 0 Å². The van der Waals surface area contributed by atoms with Crippen molar-refractivity contribution in [3.63, 3.8) is 0 Å². The van der Waals surface area contributed by atoms with Gasteiger partial charge in [-0.25, -0.2) is 18.6 Å². The Hall–Kier alpha value is -2.53. The van der Waals surface area contributed by atoms with Crippen molar-refractivity contribution in [2.75, 3.05) is 26.7 Å². The van der Waals surface area contributed by atoms with Crippen molar-refractivity contribution in [1.29, 1.82) is 0 Å². The Morgan fingerprint density at radius 2 is 1.97 bits per heavy atom. The fourth-order valence-corrected chi connectivity index (χ4v) is 5.13. The van der Waals surface area contributed by atoms with Crippen LogP contribution >= 0.6 is 11.6 Å². The van der Waals surface area contributed by atoms with Gasteiger partial charge in [-0.2, -0.15) is 9.97 Å². The largest absolute Gasteiger partial charge is 0.471 e. The summed E-state index contributed by atoms with van der Waals surface area (Å²) in [5.41, 5.74) is -0.634. The second kappa shape index (κ2) is 11.1. The van der Waals surface area contributed by atoms with Gasteiger partial charge in [0.05, 0.1) is 18.5 Å². The molecule has 2 aromatic heterocycles. The number of pyridine rings is 1. The van der Waals surface area contributed by atoms with E-state index in [9.17, 15) is 13.6 Å². The Kier molecular flexibility index (Phi) is 8.23. The molecule has 0 spiro atoms. The first kappa shape index (κ1) is 27.5. The van der Waals surface area contributed by atoms with E-state index in [1.54, 1.807) is 4.90 Å². The highest BCUT2D eigenvalue weighted by Gasteiger charge is 2.38. The molecule has 3 aliphatic rings. The van der Waals surface area contributed by atoms with Gasteiger partial charge in [0.15, 0.2) is 11.0 Å². The molecule has 0 saturated carbocycles. The molecule has 0 N–H and O–H groups in total. The number of nitrogens with zero attached hydrogens (tertiary/aromatic N) is 5. The lowest BCUT2D eigenvalue weighted by molar-refractivity contribution is 0.0190. The van der Waals surface area contributed by atoms with Crippen molar-refractivity contribution >= 4 is 28.6 Å². The van der Waals surface area contributed by atoms with Gasteiger partial charge < -0.3 is 19.1 Å². The van der Waals surface area contributed by atoms with Crippen LogP contribution in [0.2, 0.25) is 5.15 Å². The summed E-state index contributed by atoms with van der Waals surface area (Å²) in [6.07, 6.45) is 3.95. The number of halogens is 3. The normalized spacial score (nSPS) is 25.6. The van der Waals surface area contributed by atoms with Gasteiger partial charge in [-0.05, 0) is 53.5 Å². The number of methoxy groups -OCH3 is 1. The minimum Gasteiger partial charge on any atom is -0.471 e. The maximum atomic E-state index is 14.3. The Morgan fingerprint density at radius 1 is 1.22 bits per heavy atom. The Morgan fingerprint density at radius 3 is 2.65 bits per heavy atom. The molecule has 5 rings (SSSR count). The lowest BCUT2D eigenvalue weighted by atomic mass is 10.1. The van der Waals surface area contributed by atoms with E-state index in [0.717, 1.165) is 13.0 Å². The second-order valence-electron chi connectivity index (χ2n) is 10.6. The number of amides is 1. The molecule has 4 unspecified atom stereocenters. The molecule has 3 aliphatic heterocycles. The molecule has 1 amide bonds. The third-order valence-electron chi connectivity index (χ3n) is 6.80. The molecule has 4 atom stereocenters. The maximum Gasteiger partial charge on any atom is 0.410 e. The van der Waals surface area contributed by atoms with Gasteiger partial charge in [0.1, 0.15) is 23.4 Å². The molecule has 2 aromatic rings. The summed E-state index contributed by atoms with van der Waals surface area (Å²) in [5, 5.41) is -0.0323. The number of ether oxygens (including phenoxy) is 3. The summed E-state index contributed by atoms with van der Waals surface area (Å²) in [5.74, 6) is -0.660. The third-order valence-corrected chi connectivity index (χ3v) is 7.07. The zero-order valence-corrected chi connectivity index (χ0v) is 22.6. The summed E-state index contributed by atoms with van der Waals surface area (Å²) in [6, 6.07) is 0.286. The fourth-order valence-electron chi connectivity index (χ4n) is 4.99. The second-order valence-corrected chi connectivity index (χ2v) is 11.0. The van der Waals surface area contributed by atoms with Crippen LogP contribution in [0.5, 0.6) is 11.9 Å². The smallest absolute Gasteiger partial charge is 0.410 e. The van der Waals surface area contributed by atoms with Crippen LogP contribution in [0.1, 0.15) is 53.4 Å². The zero-order chi connectivity index (χ0) is 26.9.